The van der Waals surface area contributed by atoms with Crippen LogP contribution in [-0.2, 0) is 9.84 Å². The van der Waals surface area contributed by atoms with Gasteiger partial charge in [-0.2, -0.15) is 0 Å². The first-order valence-corrected chi connectivity index (χ1v) is 7.85. The normalized spacial score (nSPS) is 13.0. The Hall–Kier alpha value is -1.40. The monoisotopic (exact) mass is 285 g/mol. The number of hydrogen-bond acceptors (Lipinski definition) is 4. The molecule has 0 bridgehead atoms. The Bertz CT molecular complexity index is 535. The molecule has 0 aliphatic carbocycles. The van der Waals surface area contributed by atoms with Gasteiger partial charge in [0.15, 0.2) is 9.84 Å². The van der Waals surface area contributed by atoms with Crippen molar-refractivity contribution >= 4 is 15.7 Å². The first-order chi connectivity index (χ1) is 8.96. The zero-order valence-electron chi connectivity index (χ0n) is 11.1. The predicted octanol–water partition coefficient (Wildman–Crippen LogP) is 0.981. The summed E-state index contributed by atoms with van der Waals surface area (Å²) in [7, 11) is -3.45. The first kappa shape index (κ1) is 15.7. The number of aliphatic hydroxyl groups excluding tert-OH is 1. The minimum atomic E-state index is -3.45. The summed E-state index contributed by atoms with van der Waals surface area (Å²) in [6, 6.07) is 5.73. The van der Waals surface area contributed by atoms with E-state index in [0.717, 1.165) is 0 Å². The molecule has 0 saturated carbocycles. The van der Waals surface area contributed by atoms with Gasteiger partial charge in [0.05, 0.1) is 28.9 Å². The molecule has 19 heavy (non-hydrogen) atoms. The molecular formula is C13H19NO4S. The van der Waals surface area contributed by atoms with Crippen LogP contribution >= 0.6 is 0 Å². The molecular weight excluding hydrogens is 266 g/mol. The van der Waals surface area contributed by atoms with Crippen molar-refractivity contribution in [3.05, 3.63) is 29.8 Å². The molecule has 0 unspecified atom stereocenters. The van der Waals surface area contributed by atoms with Crippen LogP contribution < -0.4 is 5.32 Å². The number of carbonyl (C=O) groups is 1. The number of amides is 1. The Labute approximate surface area is 113 Å². The molecule has 0 aliphatic heterocycles. The van der Waals surface area contributed by atoms with Gasteiger partial charge >= 0.3 is 0 Å². The standard InChI is InChI=1S/C13H19NO4S/c1-3-10(9-15)14-13(16)11-7-5-6-8-12(11)19(17,18)4-2/h5-8,10,15H,3-4,9H2,1-2H3,(H,14,16)/t10-/m1/s1. The van der Waals surface area contributed by atoms with Crippen LogP contribution in [0.25, 0.3) is 0 Å². The highest BCUT2D eigenvalue weighted by atomic mass is 32.2. The Kier molecular flexibility index (Phi) is 5.50. The molecule has 0 spiro atoms. The van der Waals surface area contributed by atoms with Gasteiger partial charge in [0.1, 0.15) is 0 Å². The molecule has 6 heteroatoms. The summed E-state index contributed by atoms with van der Waals surface area (Å²) < 4.78 is 23.8. The van der Waals surface area contributed by atoms with Crippen molar-refractivity contribution in [3.8, 4) is 0 Å². The van der Waals surface area contributed by atoms with Crippen LogP contribution in [0.4, 0.5) is 0 Å². The Morgan fingerprint density at radius 2 is 1.95 bits per heavy atom. The molecule has 0 saturated heterocycles. The molecule has 0 fully saturated rings. The van der Waals surface area contributed by atoms with Gasteiger partial charge in [-0.15, -0.1) is 0 Å². The molecule has 5 nitrogen and oxygen atoms in total. The predicted molar refractivity (Wildman–Crippen MR) is 72.8 cm³/mol. The summed E-state index contributed by atoms with van der Waals surface area (Å²) >= 11 is 0. The number of benzene rings is 1. The van der Waals surface area contributed by atoms with Crippen LogP contribution in [0.3, 0.4) is 0 Å². The molecule has 0 aromatic heterocycles. The number of nitrogens with one attached hydrogen (secondary N) is 1. The van der Waals surface area contributed by atoms with Gasteiger partial charge in [0, 0.05) is 0 Å². The van der Waals surface area contributed by atoms with Crippen LogP contribution in [0.1, 0.15) is 30.6 Å². The third kappa shape index (κ3) is 3.78. The van der Waals surface area contributed by atoms with Gasteiger partial charge in [-0.25, -0.2) is 8.42 Å². The second-order valence-electron chi connectivity index (χ2n) is 4.16. The van der Waals surface area contributed by atoms with E-state index in [1.165, 1.54) is 19.1 Å². The topological polar surface area (TPSA) is 83.5 Å². The fourth-order valence-electron chi connectivity index (χ4n) is 1.62. The average molecular weight is 285 g/mol. The van der Waals surface area contributed by atoms with Crippen molar-refractivity contribution in [1.29, 1.82) is 0 Å². The molecule has 0 aliphatic rings. The van der Waals surface area contributed by atoms with Crippen LogP contribution in [0.15, 0.2) is 29.2 Å². The summed E-state index contributed by atoms with van der Waals surface area (Å²) in [6.07, 6.45) is 0.574. The second kappa shape index (κ2) is 6.68. The molecule has 1 aromatic carbocycles. The van der Waals surface area contributed by atoms with Gasteiger partial charge in [0.25, 0.3) is 5.91 Å². The maximum absolute atomic E-state index is 12.1. The van der Waals surface area contributed by atoms with E-state index in [9.17, 15) is 13.2 Å². The molecule has 0 radical (unpaired) electrons. The van der Waals surface area contributed by atoms with Crippen molar-refractivity contribution in [1.82, 2.24) is 5.32 Å². The van der Waals surface area contributed by atoms with Crippen LogP contribution in [-0.4, -0.2) is 37.8 Å². The van der Waals surface area contributed by atoms with E-state index in [2.05, 4.69) is 5.32 Å². The molecule has 1 aromatic rings. The van der Waals surface area contributed by atoms with E-state index in [0.29, 0.717) is 6.42 Å². The number of carbonyl (C=O) groups excluding carboxylic acids is 1. The highest BCUT2D eigenvalue weighted by Gasteiger charge is 2.21. The molecule has 1 amide bonds. The van der Waals surface area contributed by atoms with Crippen molar-refractivity contribution in [3.63, 3.8) is 0 Å². The second-order valence-corrected chi connectivity index (χ2v) is 6.41. The summed E-state index contributed by atoms with van der Waals surface area (Å²) in [5, 5.41) is 11.7. The summed E-state index contributed by atoms with van der Waals surface area (Å²) in [5.41, 5.74) is 0.122. The van der Waals surface area contributed by atoms with E-state index >= 15 is 0 Å². The quantitative estimate of drug-likeness (QED) is 0.816. The molecule has 2 N–H and O–H groups in total. The largest absolute Gasteiger partial charge is 0.394 e. The maximum Gasteiger partial charge on any atom is 0.252 e. The highest BCUT2D eigenvalue weighted by molar-refractivity contribution is 7.91. The van der Waals surface area contributed by atoms with Crippen molar-refractivity contribution in [2.75, 3.05) is 12.4 Å². The summed E-state index contributed by atoms with van der Waals surface area (Å²) in [6.45, 7) is 3.19. The Morgan fingerprint density at radius 3 is 2.47 bits per heavy atom. The van der Waals surface area contributed by atoms with Crippen molar-refractivity contribution in [2.45, 2.75) is 31.2 Å². The maximum atomic E-state index is 12.1. The van der Waals surface area contributed by atoms with E-state index in [-0.39, 0.29) is 28.9 Å². The third-order valence-corrected chi connectivity index (χ3v) is 4.68. The molecule has 106 valence electrons. The van der Waals surface area contributed by atoms with E-state index < -0.39 is 15.7 Å². The molecule has 1 rings (SSSR count). The van der Waals surface area contributed by atoms with Crippen LogP contribution in [0.2, 0.25) is 0 Å². The summed E-state index contributed by atoms with van der Waals surface area (Å²) in [5.74, 6) is -0.539. The Morgan fingerprint density at radius 1 is 1.32 bits per heavy atom. The van der Waals surface area contributed by atoms with Gasteiger partial charge in [-0.05, 0) is 18.6 Å². The number of rotatable bonds is 6. The average Bonchev–Trinajstić information content (AvgIpc) is 2.44. The fourth-order valence-corrected chi connectivity index (χ4v) is 2.71. The van der Waals surface area contributed by atoms with Crippen LogP contribution in [0, 0.1) is 0 Å². The molecule has 1 atom stereocenters. The smallest absolute Gasteiger partial charge is 0.252 e. The lowest BCUT2D eigenvalue weighted by Gasteiger charge is -2.15. The zero-order valence-corrected chi connectivity index (χ0v) is 11.9. The molecule has 0 heterocycles. The van der Waals surface area contributed by atoms with E-state index in [4.69, 9.17) is 5.11 Å². The van der Waals surface area contributed by atoms with Crippen LogP contribution in [0.5, 0.6) is 0 Å². The lowest BCUT2D eigenvalue weighted by atomic mass is 10.2. The SMILES string of the molecule is CC[C@H](CO)NC(=O)c1ccccc1S(=O)(=O)CC. The minimum Gasteiger partial charge on any atom is -0.394 e. The van der Waals surface area contributed by atoms with E-state index in [1.54, 1.807) is 12.1 Å². The lowest BCUT2D eigenvalue weighted by molar-refractivity contribution is 0.0911. The number of hydrogen-bond donors (Lipinski definition) is 2. The number of sulfone groups is 1. The van der Waals surface area contributed by atoms with Crippen molar-refractivity contribution < 1.29 is 18.3 Å². The van der Waals surface area contributed by atoms with E-state index in [1.807, 2.05) is 6.92 Å². The number of aliphatic hydroxyl groups is 1. The third-order valence-electron chi connectivity index (χ3n) is 2.90. The van der Waals surface area contributed by atoms with Gasteiger partial charge in [-0.1, -0.05) is 26.0 Å². The summed E-state index contributed by atoms with van der Waals surface area (Å²) in [4.78, 5) is 12.1. The van der Waals surface area contributed by atoms with Crippen molar-refractivity contribution in [2.24, 2.45) is 0 Å². The minimum absolute atomic E-state index is 0.0304. The first-order valence-electron chi connectivity index (χ1n) is 6.19. The van der Waals surface area contributed by atoms with Gasteiger partial charge in [0.2, 0.25) is 0 Å². The Balaban J connectivity index is 3.11. The van der Waals surface area contributed by atoms with Gasteiger partial charge in [-0.3, -0.25) is 4.79 Å². The lowest BCUT2D eigenvalue weighted by Crippen LogP contribution is -2.37. The zero-order chi connectivity index (χ0) is 14.5. The fraction of sp³-hybridized carbons (Fsp3) is 0.462. The van der Waals surface area contributed by atoms with Gasteiger partial charge < -0.3 is 10.4 Å². The highest BCUT2D eigenvalue weighted by Crippen LogP contribution is 2.17.